The highest BCUT2D eigenvalue weighted by Gasteiger charge is 2.38. The standard InChI is InChI=1S/C29H32F3NO3S/c1-5-28(6-2,27(34)35)16-21-11-14-23(15-17(21)3)36-24(19-7-8-19)25-18(4)33-26(37-25)20-9-12-22(13-10-20)29(30,31)32/h9-15,19,24H,5-8,16H2,1-4H3,(H,34,35). The fourth-order valence-corrected chi connectivity index (χ4v) is 5.88. The first-order valence-electron chi connectivity index (χ1n) is 12.6. The molecule has 1 heterocycles. The van der Waals surface area contributed by atoms with Gasteiger partial charge in [-0.3, -0.25) is 4.79 Å². The number of carboxylic acid groups (broad SMARTS) is 1. The number of carbonyl (C=O) groups is 1. The van der Waals surface area contributed by atoms with Crippen molar-refractivity contribution in [3.63, 3.8) is 0 Å². The molecule has 1 atom stereocenters. The van der Waals surface area contributed by atoms with Gasteiger partial charge in [0.25, 0.3) is 0 Å². The third-order valence-electron chi connectivity index (χ3n) is 7.51. The maximum atomic E-state index is 12.9. The number of benzene rings is 2. The third-order valence-corrected chi connectivity index (χ3v) is 8.78. The summed E-state index contributed by atoms with van der Waals surface area (Å²) in [5, 5.41) is 10.5. The van der Waals surface area contributed by atoms with Crippen molar-refractivity contribution in [1.82, 2.24) is 4.98 Å². The maximum Gasteiger partial charge on any atom is 0.416 e. The zero-order chi connectivity index (χ0) is 27.0. The Morgan fingerprint density at radius 3 is 2.27 bits per heavy atom. The number of aromatic nitrogens is 1. The summed E-state index contributed by atoms with van der Waals surface area (Å²) in [6, 6.07) is 10.9. The van der Waals surface area contributed by atoms with E-state index >= 15 is 0 Å². The first-order valence-corrected chi connectivity index (χ1v) is 13.4. The number of aryl methyl sites for hydroxylation is 2. The summed E-state index contributed by atoms with van der Waals surface area (Å²) in [6.07, 6.45) is -0.874. The molecule has 0 saturated heterocycles. The minimum absolute atomic E-state index is 0.185. The SMILES string of the molecule is CCC(CC)(Cc1ccc(OC(c2sc(-c3ccc(C(F)(F)F)cc3)nc2C)C2CC2)cc1C)C(=O)O. The Balaban J connectivity index is 1.56. The van der Waals surface area contributed by atoms with Crippen molar-refractivity contribution in [3.05, 3.63) is 69.7 Å². The molecule has 1 aliphatic carbocycles. The second-order valence-electron chi connectivity index (χ2n) is 9.98. The Kier molecular flexibility index (Phi) is 7.70. The van der Waals surface area contributed by atoms with Crippen LogP contribution in [0.3, 0.4) is 0 Å². The van der Waals surface area contributed by atoms with Crippen LogP contribution in [0.5, 0.6) is 5.75 Å². The van der Waals surface area contributed by atoms with Crippen LogP contribution in [0, 0.1) is 25.2 Å². The molecular formula is C29H32F3NO3S. The van der Waals surface area contributed by atoms with E-state index in [1.54, 1.807) is 0 Å². The van der Waals surface area contributed by atoms with Gasteiger partial charge in [0, 0.05) is 11.5 Å². The van der Waals surface area contributed by atoms with E-state index in [1.165, 1.54) is 23.5 Å². The van der Waals surface area contributed by atoms with Crippen LogP contribution in [0.1, 0.15) is 72.9 Å². The first kappa shape index (κ1) is 27.2. The van der Waals surface area contributed by atoms with Crippen LogP contribution >= 0.6 is 11.3 Å². The van der Waals surface area contributed by atoms with E-state index in [9.17, 15) is 23.1 Å². The molecule has 1 fully saturated rings. The van der Waals surface area contributed by atoms with Crippen molar-refractivity contribution in [2.75, 3.05) is 0 Å². The van der Waals surface area contributed by atoms with Crippen LogP contribution < -0.4 is 4.74 Å². The van der Waals surface area contributed by atoms with Gasteiger partial charge in [0.1, 0.15) is 16.9 Å². The molecule has 3 aromatic rings. The highest BCUT2D eigenvalue weighted by Crippen LogP contribution is 2.47. The maximum absolute atomic E-state index is 12.9. The average Bonchev–Trinajstić information content (AvgIpc) is 3.63. The third kappa shape index (κ3) is 5.84. The van der Waals surface area contributed by atoms with Crippen molar-refractivity contribution in [3.8, 4) is 16.3 Å². The molecule has 4 rings (SSSR count). The highest BCUT2D eigenvalue weighted by molar-refractivity contribution is 7.15. The second-order valence-corrected chi connectivity index (χ2v) is 11.0. The number of nitrogens with zero attached hydrogens (tertiary/aromatic N) is 1. The Labute approximate surface area is 219 Å². The summed E-state index contributed by atoms with van der Waals surface area (Å²) >= 11 is 1.46. The molecule has 4 nitrogen and oxygen atoms in total. The molecule has 8 heteroatoms. The lowest BCUT2D eigenvalue weighted by Crippen LogP contribution is -2.32. The molecule has 0 aliphatic heterocycles. The average molecular weight is 532 g/mol. The lowest BCUT2D eigenvalue weighted by Gasteiger charge is -2.27. The smallest absolute Gasteiger partial charge is 0.416 e. The van der Waals surface area contributed by atoms with Gasteiger partial charge in [0.2, 0.25) is 0 Å². The lowest BCUT2D eigenvalue weighted by atomic mass is 9.76. The van der Waals surface area contributed by atoms with E-state index in [2.05, 4.69) is 4.98 Å². The van der Waals surface area contributed by atoms with Gasteiger partial charge in [-0.2, -0.15) is 13.2 Å². The molecule has 0 bridgehead atoms. The molecule has 0 amide bonds. The largest absolute Gasteiger partial charge is 0.485 e. The van der Waals surface area contributed by atoms with E-state index < -0.39 is 23.1 Å². The van der Waals surface area contributed by atoms with Crippen LogP contribution in [0.25, 0.3) is 10.6 Å². The van der Waals surface area contributed by atoms with Crippen LogP contribution in [-0.4, -0.2) is 16.1 Å². The number of carboxylic acids is 1. The predicted molar refractivity (Wildman–Crippen MR) is 139 cm³/mol. The van der Waals surface area contributed by atoms with Gasteiger partial charge in [-0.05, 0) is 81.3 Å². The van der Waals surface area contributed by atoms with Crippen molar-refractivity contribution in [1.29, 1.82) is 0 Å². The van der Waals surface area contributed by atoms with Gasteiger partial charge < -0.3 is 9.84 Å². The highest BCUT2D eigenvalue weighted by atomic mass is 32.1. The Morgan fingerprint density at radius 2 is 1.76 bits per heavy atom. The van der Waals surface area contributed by atoms with Gasteiger partial charge >= 0.3 is 12.1 Å². The minimum atomic E-state index is -4.37. The van der Waals surface area contributed by atoms with E-state index in [4.69, 9.17) is 4.74 Å². The van der Waals surface area contributed by atoms with E-state index in [1.807, 2.05) is 45.9 Å². The summed E-state index contributed by atoms with van der Waals surface area (Å²) in [7, 11) is 0. The monoisotopic (exact) mass is 531 g/mol. The van der Waals surface area contributed by atoms with Crippen molar-refractivity contribution >= 4 is 17.3 Å². The van der Waals surface area contributed by atoms with Crippen molar-refractivity contribution < 1.29 is 27.8 Å². The molecule has 1 aliphatic rings. The molecule has 0 spiro atoms. The summed E-state index contributed by atoms with van der Waals surface area (Å²) in [4.78, 5) is 17.6. The lowest BCUT2D eigenvalue weighted by molar-refractivity contribution is -0.149. The molecule has 1 N–H and O–H groups in total. The van der Waals surface area contributed by atoms with E-state index in [0.29, 0.717) is 35.8 Å². The predicted octanol–water partition coefficient (Wildman–Crippen LogP) is 8.41. The second kappa shape index (κ2) is 10.5. The van der Waals surface area contributed by atoms with Gasteiger partial charge in [0.15, 0.2) is 0 Å². The molecule has 198 valence electrons. The van der Waals surface area contributed by atoms with Crippen LogP contribution in [0.2, 0.25) is 0 Å². The summed E-state index contributed by atoms with van der Waals surface area (Å²) in [6.45, 7) is 7.72. The Bertz CT molecular complexity index is 1260. The quantitative estimate of drug-likeness (QED) is 0.285. The van der Waals surface area contributed by atoms with Gasteiger partial charge in [-0.15, -0.1) is 11.3 Å². The Hall–Kier alpha value is -2.87. The number of thiazole rings is 1. The number of rotatable bonds is 10. The number of alkyl halides is 3. The van der Waals surface area contributed by atoms with Gasteiger partial charge in [0.05, 0.1) is 21.5 Å². The first-order chi connectivity index (χ1) is 17.5. The van der Waals surface area contributed by atoms with Gasteiger partial charge in [-0.1, -0.05) is 32.0 Å². The zero-order valence-electron chi connectivity index (χ0n) is 21.5. The summed E-state index contributed by atoms with van der Waals surface area (Å²) in [5.74, 6) is 0.311. The van der Waals surface area contributed by atoms with Crippen molar-refractivity contribution in [2.45, 2.75) is 72.1 Å². The topological polar surface area (TPSA) is 59.4 Å². The number of ether oxygens (including phenoxy) is 1. The number of hydrogen-bond acceptors (Lipinski definition) is 4. The molecule has 1 aromatic heterocycles. The van der Waals surface area contributed by atoms with E-state index in [-0.39, 0.29) is 6.10 Å². The molecular weight excluding hydrogens is 499 g/mol. The molecule has 37 heavy (non-hydrogen) atoms. The zero-order valence-corrected chi connectivity index (χ0v) is 22.3. The molecule has 2 aromatic carbocycles. The molecule has 1 saturated carbocycles. The number of halogens is 3. The van der Waals surface area contributed by atoms with E-state index in [0.717, 1.165) is 52.4 Å². The van der Waals surface area contributed by atoms with Gasteiger partial charge in [-0.25, -0.2) is 4.98 Å². The van der Waals surface area contributed by atoms with Crippen LogP contribution in [0.15, 0.2) is 42.5 Å². The molecule has 0 radical (unpaired) electrons. The number of aliphatic carboxylic acids is 1. The minimum Gasteiger partial charge on any atom is -0.485 e. The number of hydrogen-bond donors (Lipinski definition) is 1. The Morgan fingerprint density at radius 1 is 1.11 bits per heavy atom. The fraction of sp³-hybridized carbons (Fsp3) is 0.448. The molecule has 1 unspecified atom stereocenters. The fourth-order valence-electron chi connectivity index (χ4n) is 4.69. The van der Waals surface area contributed by atoms with Crippen LogP contribution in [0.4, 0.5) is 13.2 Å². The van der Waals surface area contributed by atoms with Crippen LogP contribution in [-0.2, 0) is 17.4 Å². The van der Waals surface area contributed by atoms with Crippen molar-refractivity contribution in [2.24, 2.45) is 11.3 Å². The normalized spacial score (nSPS) is 15.0. The summed E-state index contributed by atoms with van der Waals surface area (Å²) in [5.41, 5.74) is 2.00. The summed E-state index contributed by atoms with van der Waals surface area (Å²) < 4.78 is 45.3.